The van der Waals surface area contributed by atoms with Gasteiger partial charge in [-0.15, -0.1) is 0 Å². The van der Waals surface area contributed by atoms with Crippen molar-refractivity contribution in [2.24, 2.45) is 0 Å². The van der Waals surface area contributed by atoms with Crippen molar-refractivity contribution in [3.05, 3.63) is 63.3 Å². The summed E-state index contributed by atoms with van der Waals surface area (Å²) in [5.74, 6) is -0.0103. The predicted molar refractivity (Wildman–Crippen MR) is 111 cm³/mol. The molecule has 3 rings (SSSR count). The fourth-order valence-electron chi connectivity index (χ4n) is 2.73. The van der Waals surface area contributed by atoms with Crippen molar-refractivity contribution in [2.45, 2.75) is 33.2 Å². The number of ether oxygens (including phenoxy) is 1. The van der Waals surface area contributed by atoms with Gasteiger partial charge in [-0.1, -0.05) is 48.4 Å². The number of halogens is 1. The van der Waals surface area contributed by atoms with Crippen LogP contribution in [0.25, 0.3) is 22.3 Å². The average molecular weight is 400 g/mol. The standard InChI is InChI=1S/C22H22ClNO4/c1-4-14(3)24-19(25)12-27-22-20(26)17-11-16(23)9-10-18(17)28-21(22)15-7-5-13(2)6-8-15/h5-11,14H,4,12H2,1-3H3,(H,24,25)/t14-/m1/s1. The Morgan fingerprint density at radius 1 is 1.21 bits per heavy atom. The SMILES string of the molecule is CC[C@@H](C)NC(=O)COc1c(-c2ccc(C)cc2)oc2ccc(Cl)cc2c1=O. The summed E-state index contributed by atoms with van der Waals surface area (Å²) in [7, 11) is 0. The summed E-state index contributed by atoms with van der Waals surface area (Å²) >= 11 is 6.03. The van der Waals surface area contributed by atoms with E-state index >= 15 is 0 Å². The van der Waals surface area contributed by atoms with Crippen molar-refractivity contribution < 1.29 is 13.9 Å². The van der Waals surface area contributed by atoms with Gasteiger partial charge in [-0.2, -0.15) is 0 Å². The number of benzene rings is 2. The van der Waals surface area contributed by atoms with E-state index < -0.39 is 0 Å². The zero-order valence-corrected chi connectivity index (χ0v) is 16.8. The van der Waals surface area contributed by atoms with Gasteiger partial charge >= 0.3 is 0 Å². The summed E-state index contributed by atoms with van der Waals surface area (Å²) in [4.78, 5) is 25.2. The number of rotatable bonds is 6. The lowest BCUT2D eigenvalue weighted by Gasteiger charge is -2.14. The molecule has 0 unspecified atom stereocenters. The molecule has 0 aliphatic heterocycles. The van der Waals surface area contributed by atoms with Crippen LogP contribution in [-0.2, 0) is 4.79 Å². The summed E-state index contributed by atoms with van der Waals surface area (Å²) < 4.78 is 11.6. The third-order valence-electron chi connectivity index (χ3n) is 4.49. The summed E-state index contributed by atoms with van der Waals surface area (Å²) in [5, 5.41) is 3.54. The topological polar surface area (TPSA) is 68.5 Å². The molecule has 0 aliphatic rings. The van der Waals surface area contributed by atoms with E-state index in [9.17, 15) is 9.59 Å². The van der Waals surface area contributed by atoms with E-state index in [0.29, 0.717) is 21.6 Å². The Morgan fingerprint density at radius 2 is 1.93 bits per heavy atom. The molecule has 28 heavy (non-hydrogen) atoms. The Bertz CT molecular complexity index is 1060. The number of hydrogen-bond donors (Lipinski definition) is 1. The second kappa shape index (κ2) is 8.48. The Labute approximate surface area is 168 Å². The van der Waals surface area contributed by atoms with Crippen LogP contribution in [0, 0.1) is 6.92 Å². The van der Waals surface area contributed by atoms with Gasteiger partial charge < -0.3 is 14.5 Å². The van der Waals surface area contributed by atoms with Gasteiger partial charge in [0.2, 0.25) is 11.2 Å². The van der Waals surface area contributed by atoms with Gasteiger partial charge in [0.1, 0.15) is 5.58 Å². The number of fused-ring (bicyclic) bond motifs is 1. The molecule has 0 aliphatic carbocycles. The predicted octanol–water partition coefficient (Wildman–Crippen LogP) is 4.72. The van der Waals surface area contributed by atoms with Crippen LogP contribution < -0.4 is 15.5 Å². The van der Waals surface area contributed by atoms with Crippen molar-refractivity contribution in [1.29, 1.82) is 0 Å². The molecule has 146 valence electrons. The van der Waals surface area contributed by atoms with Crippen LogP contribution in [0.5, 0.6) is 5.75 Å². The Kier molecular flexibility index (Phi) is 6.05. The molecule has 1 aromatic heterocycles. The molecule has 0 saturated carbocycles. The minimum atomic E-state index is -0.365. The first-order chi connectivity index (χ1) is 13.4. The molecular weight excluding hydrogens is 378 g/mol. The van der Waals surface area contributed by atoms with Gasteiger partial charge in [0, 0.05) is 16.6 Å². The smallest absolute Gasteiger partial charge is 0.258 e. The van der Waals surface area contributed by atoms with E-state index in [1.54, 1.807) is 12.1 Å². The Hall–Kier alpha value is -2.79. The molecule has 3 aromatic rings. The zero-order chi connectivity index (χ0) is 20.3. The van der Waals surface area contributed by atoms with Crippen LogP contribution in [0.3, 0.4) is 0 Å². The average Bonchev–Trinajstić information content (AvgIpc) is 2.68. The second-order valence-corrected chi connectivity index (χ2v) is 7.20. The number of carbonyl (C=O) groups is 1. The fraction of sp³-hybridized carbons (Fsp3) is 0.273. The first kappa shape index (κ1) is 20.0. The highest BCUT2D eigenvalue weighted by Gasteiger charge is 2.19. The highest BCUT2D eigenvalue weighted by Crippen LogP contribution is 2.31. The fourth-order valence-corrected chi connectivity index (χ4v) is 2.90. The molecule has 0 bridgehead atoms. The van der Waals surface area contributed by atoms with Crippen molar-refractivity contribution >= 4 is 28.5 Å². The highest BCUT2D eigenvalue weighted by molar-refractivity contribution is 6.31. The molecule has 1 atom stereocenters. The summed E-state index contributed by atoms with van der Waals surface area (Å²) in [5.41, 5.74) is 1.81. The van der Waals surface area contributed by atoms with Gasteiger partial charge in [-0.05, 0) is 38.5 Å². The molecule has 5 nitrogen and oxygen atoms in total. The maximum absolute atomic E-state index is 13.1. The maximum atomic E-state index is 13.1. The van der Waals surface area contributed by atoms with Gasteiger partial charge in [-0.3, -0.25) is 9.59 Å². The van der Waals surface area contributed by atoms with Crippen LogP contribution in [0.2, 0.25) is 5.02 Å². The van der Waals surface area contributed by atoms with Crippen LogP contribution in [0.15, 0.2) is 51.7 Å². The molecule has 0 radical (unpaired) electrons. The summed E-state index contributed by atoms with van der Waals surface area (Å²) in [6, 6.07) is 12.4. The first-order valence-corrected chi connectivity index (χ1v) is 9.52. The molecular formula is C22H22ClNO4. The molecule has 1 N–H and O–H groups in total. The van der Waals surface area contributed by atoms with Crippen molar-refractivity contribution in [2.75, 3.05) is 6.61 Å². The van der Waals surface area contributed by atoms with Crippen molar-refractivity contribution in [3.63, 3.8) is 0 Å². The van der Waals surface area contributed by atoms with Gasteiger partial charge in [0.05, 0.1) is 5.39 Å². The van der Waals surface area contributed by atoms with E-state index in [1.165, 1.54) is 6.07 Å². The second-order valence-electron chi connectivity index (χ2n) is 6.76. The van der Waals surface area contributed by atoms with E-state index in [4.69, 9.17) is 20.8 Å². The lowest BCUT2D eigenvalue weighted by atomic mass is 10.1. The van der Waals surface area contributed by atoms with Crippen molar-refractivity contribution in [1.82, 2.24) is 5.32 Å². The number of nitrogens with one attached hydrogen (secondary N) is 1. The minimum absolute atomic E-state index is 0.00192. The number of carbonyl (C=O) groups excluding carboxylic acids is 1. The molecule has 0 fully saturated rings. The Balaban J connectivity index is 2.05. The third kappa shape index (κ3) is 4.37. The van der Waals surface area contributed by atoms with E-state index in [1.807, 2.05) is 45.0 Å². The van der Waals surface area contributed by atoms with Gasteiger partial charge in [-0.25, -0.2) is 0 Å². The van der Waals surface area contributed by atoms with E-state index in [0.717, 1.165) is 12.0 Å². The highest BCUT2D eigenvalue weighted by atomic mass is 35.5. The van der Waals surface area contributed by atoms with Crippen LogP contribution in [-0.4, -0.2) is 18.6 Å². The molecule has 1 amide bonds. The third-order valence-corrected chi connectivity index (χ3v) is 4.73. The summed E-state index contributed by atoms with van der Waals surface area (Å²) in [6.45, 7) is 5.57. The molecule has 6 heteroatoms. The zero-order valence-electron chi connectivity index (χ0n) is 16.0. The normalized spacial score (nSPS) is 12.0. The molecule has 2 aromatic carbocycles. The van der Waals surface area contributed by atoms with Gasteiger partial charge in [0.15, 0.2) is 12.4 Å². The quantitative estimate of drug-likeness (QED) is 0.651. The lowest BCUT2D eigenvalue weighted by molar-refractivity contribution is -0.123. The number of aryl methyl sites for hydroxylation is 1. The number of amides is 1. The van der Waals surface area contributed by atoms with Gasteiger partial charge in [0.25, 0.3) is 5.91 Å². The van der Waals surface area contributed by atoms with E-state index in [-0.39, 0.29) is 35.5 Å². The van der Waals surface area contributed by atoms with Crippen LogP contribution >= 0.6 is 11.6 Å². The molecule has 0 saturated heterocycles. The first-order valence-electron chi connectivity index (χ1n) is 9.14. The maximum Gasteiger partial charge on any atom is 0.258 e. The largest absolute Gasteiger partial charge is 0.476 e. The van der Waals surface area contributed by atoms with E-state index in [2.05, 4.69) is 5.32 Å². The lowest BCUT2D eigenvalue weighted by Crippen LogP contribution is -2.36. The minimum Gasteiger partial charge on any atom is -0.476 e. The van der Waals surface area contributed by atoms with Crippen LogP contribution in [0.1, 0.15) is 25.8 Å². The Morgan fingerprint density at radius 3 is 2.61 bits per heavy atom. The van der Waals surface area contributed by atoms with Crippen molar-refractivity contribution in [3.8, 4) is 17.1 Å². The monoisotopic (exact) mass is 399 g/mol. The molecule has 0 spiro atoms. The molecule has 1 heterocycles. The number of hydrogen-bond acceptors (Lipinski definition) is 4. The van der Waals surface area contributed by atoms with Crippen LogP contribution in [0.4, 0.5) is 0 Å². The summed E-state index contributed by atoms with van der Waals surface area (Å²) in [6.07, 6.45) is 0.803.